The summed E-state index contributed by atoms with van der Waals surface area (Å²) in [6, 6.07) is 20.3. The SMILES string of the molecule is C#Cc1ccc(N=S(=O)(F)F)cc1.C#Cc1ccc(N=S2(=O)Oc3c(C)ccc(C)c3O2)cc1.Cc1ccc(C)c(O[Si](C)(C)C)c1O[Si](C)(C)C. The van der Waals surface area contributed by atoms with E-state index in [9.17, 15) is 16.2 Å². The summed E-state index contributed by atoms with van der Waals surface area (Å²) >= 11 is 0. The normalized spacial score (nSPS) is 12.8. The molecule has 0 fully saturated rings. The molecule has 0 aromatic heterocycles. The summed E-state index contributed by atoms with van der Waals surface area (Å²) < 4.78 is 76.6. The van der Waals surface area contributed by atoms with E-state index in [4.69, 9.17) is 30.1 Å². The van der Waals surface area contributed by atoms with Gasteiger partial charge in [-0.1, -0.05) is 43.9 Å². The van der Waals surface area contributed by atoms with E-state index in [2.05, 4.69) is 85.8 Å². The van der Waals surface area contributed by atoms with Crippen molar-refractivity contribution in [1.29, 1.82) is 0 Å². The fourth-order valence-corrected chi connectivity index (χ4v) is 7.77. The Bertz CT molecular complexity index is 2170. The Balaban J connectivity index is 0.000000217. The Kier molecular flexibility index (Phi) is 13.5. The molecule has 52 heavy (non-hydrogen) atoms. The first-order valence-corrected chi connectivity index (χ1v) is 25.6. The van der Waals surface area contributed by atoms with Crippen LogP contribution in [-0.2, 0) is 20.8 Å². The maximum Gasteiger partial charge on any atom is 0.393 e. The van der Waals surface area contributed by atoms with Crippen LogP contribution in [-0.4, -0.2) is 25.1 Å². The molecule has 14 heteroatoms. The lowest BCUT2D eigenvalue weighted by atomic mass is 10.1. The van der Waals surface area contributed by atoms with E-state index < -0.39 is 37.4 Å². The molecule has 4 aromatic carbocycles. The zero-order valence-electron chi connectivity index (χ0n) is 31.0. The molecule has 0 saturated heterocycles. The quantitative estimate of drug-likeness (QED) is 0.110. The Morgan fingerprint density at radius 2 is 0.981 bits per heavy atom. The molecule has 0 N–H and O–H groups in total. The van der Waals surface area contributed by atoms with Gasteiger partial charge < -0.3 is 17.2 Å². The molecule has 0 aliphatic carbocycles. The first kappa shape index (κ1) is 41.8. The predicted molar refractivity (Wildman–Crippen MR) is 212 cm³/mol. The van der Waals surface area contributed by atoms with Crippen molar-refractivity contribution in [3.63, 3.8) is 0 Å². The van der Waals surface area contributed by atoms with Gasteiger partial charge in [0.25, 0.3) is 0 Å². The number of terminal acetylenes is 2. The highest BCUT2D eigenvalue weighted by atomic mass is 32.3. The summed E-state index contributed by atoms with van der Waals surface area (Å²) in [6.07, 6.45) is 10.3. The third kappa shape index (κ3) is 12.9. The largest absolute Gasteiger partial charge is 0.542 e. The molecule has 1 heterocycles. The van der Waals surface area contributed by atoms with Crippen LogP contribution in [0, 0.1) is 52.4 Å². The predicted octanol–water partition coefficient (Wildman–Crippen LogP) is 11.0. The van der Waals surface area contributed by atoms with E-state index in [0.29, 0.717) is 22.7 Å². The molecule has 0 spiro atoms. The van der Waals surface area contributed by atoms with Crippen LogP contribution in [0.25, 0.3) is 0 Å². The zero-order valence-corrected chi connectivity index (χ0v) is 34.6. The van der Waals surface area contributed by atoms with Crippen LogP contribution < -0.4 is 17.2 Å². The van der Waals surface area contributed by atoms with Gasteiger partial charge in [-0.15, -0.1) is 21.6 Å². The van der Waals surface area contributed by atoms with Crippen LogP contribution in [0.4, 0.5) is 19.1 Å². The lowest BCUT2D eigenvalue weighted by Crippen LogP contribution is -2.33. The van der Waals surface area contributed by atoms with E-state index in [0.717, 1.165) is 39.3 Å². The van der Waals surface area contributed by atoms with Crippen LogP contribution >= 0.6 is 0 Å². The minimum atomic E-state index is -5.07. The summed E-state index contributed by atoms with van der Waals surface area (Å²) in [5.41, 5.74) is 5.77. The number of halogens is 2. The third-order valence-corrected chi connectivity index (χ3v) is 9.95. The Hall–Kier alpha value is -4.61. The molecule has 0 amide bonds. The monoisotopic (exact) mass is 782 g/mol. The van der Waals surface area contributed by atoms with Gasteiger partial charge in [0, 0.05) is 11.1 Å². The van der Waals surface area contributed by atoms with Crippen molar-refractivity contribution in [3.05, 3.63) is 106 Å². The van der Waals surface area contributed by atoms with Crippen molar-refractivity contribution in [1.82, 2.24) is 0 Å². The van der Waals surface area contributed by atoms with E-state index in [1.165, 1.54) is 24.3 Å². The second-order valence-electron chi connectivity index (χ2n) is 13.7. The fourth-order valence-electron chi connectivity index (χ4n) is 4.35. The van der Waals surface area contributed by atoms with Gasteiger partial charge in [-0.3, -0.25) is 0 Å². The molecular weight excluding hydrogens is 739 g/mol. The number of hydrogen-bond acceptors (Lipinski definition) is 8. The number of fused-ring (bicyclic) bond motifs is 1. The number of rotatable bonds is 6. The van der Waals surface area contributed by atoms with Crippen molar-refractivity contribution in [2.24, 2.45) is 8.73 Å². The molecule has 0 bridgehead atoms. The van der Waals surface area contributed by atoms with E-state index in [1.54, 1.807) is 24.3 Å². The molecule has 0 unspecified atom stereocenters. The Labute approximate surface area is 310 Å². The first-order chi connectivity index (χ1) is 24.0. The van der Waals surface area contributed by atoms with E-state index in [1.807, 2.05) is 26.0 Å². The van der Waals surface area contributed by atoms with Crippen LogP contribution in [0.2, 0.25) is 39.3 Å². The van der Waals surface area contributed by atoms with Gasteiger partial charge in [0.05, 0.1) is 11.4 Å². The molecule has 0 radical (unpaired) electrons. The zero-order chi connectivity index (χ0) is 39.1. The van der Waals surface area contributed by atoms with E-state index >= 15 is 0 Å². The van der Waals surface area contributed by atoms with Crippen molar-refractivity contribution >= 4 is 48.8 Å². The van der Waals surface area contributed by atoms with Gasteiger partial charge in [-0.25, -0.2) is 0 Å². The number of aryl methyl sites for hydroxylation is 4. The highest BCUT2D eigenvalue weighted by Gasteiger charge is 2.30. The highest BCUT2D eigenvalue weighted by Crippen LogP contribution is 2.42. The fraction of sp³-hybridized carbons (Fsp3) is 0.263. The van der Waals surface area contributed by atoms with Gasteiger partial charge in [0.1, 0.15) is 11.5 Å². The highest BCUT2D eigenvalue weighted by molar-refractivity contribution is 7.85. The van der Waals surface area contributed by atoms with Crippen molar-refractivity contribution in [3.8, 4) is 47.7 Å². The molecular formula is C38H44F2N2O6S2Si2. The Morgan fingerprint density at radius 3 is 1.31 bits per heavy atom. The lowest BCUT2D eigenvalue weighted by molar-refractivity contribution is 0.483. The van der Waals surface area contributed by atoms with Gasteiger partial charge in [-0.05, 0) is 138 Å². The molecule has 0 atom stereocenters. The molecule has 1 aliphatic rings. The molecule has 1 aliphatic heterocycles. The number of hydrogen-bond donors (Lipinski definition) is 0. The first-order valence-electron chi connectivity index (χ1n) is 16.1. The van der Waals surface area contributed by atoms with Crippen molar-refractivity contribution in [2.75, 3.05) is 0 Å². The molecule has 8 nitrogen and oxygen atoms in total. The summed E-state index contributed by atoms with van der Waals surface area (Å²) in [5, 5.41) is 0. The van der Waals surface area contributed by atoms with Crippen LogP contribution in [0.5, 0.6) is 23.0 Å². The third-order valence-electron chi connectivity index (χ3n) is 6.70. The topological polar surface area (TPSA) is 95.8 Å². The van der Waals surface area contributed by atoms with Gasteiger partial charge in [0.2, 0.25) is 16.6 Å². The number of nitrogens with zero attached hydrogens (tertiary/aromatic N) is 2. The molecule has 4 aromatic rings. The van der Waals surface area contributed by atoms with Gasteiger partial charge in [0.15, 0.2) is 11.5 Å². The van der Waals surface area contributed by atoms with Crippen molar-refractivity contribution in [2.45, 2.75) is 67.0 Å². The summed E-state index contributed by atoms with van der Waals surface area (Å²) in [5.74, 6) is 7.72. The average molecular weight is 783 g/mol. The van der Waals surface area contributed by atoms with Crippen molar-refractivity contribution < 1.29 is 33.4 Å². The smallest absolute Gasteiger partial charge is 0.393 e. The Morgan fingerprint density at radius 1 is 0.635 bits per heavy atom. The van der Waals surface area contributed by atoms with Crippen LogP contribution in [0.1, 0.15) is 33.4 Å². The number of benzene rings is 4. The molecule has 5 rings (SSSR count). The second-order valence-corrected chi connectivity index (χ2v) is 24.9. The standard InChI is InChI=1S/C16H13NO3S.C14H26O2Si2.C8H5F2NOS/c1-4-13-7-9-14(10-8-13)17-21(18)19-15-11(2)5-6-12(3)16(15)20-21;1-11-9-10-12(2)14(16-18(6,7)8)13(11)15-17(3,4)5;1-2-7-3-5-8(6-4-7)11-13(9,10)12/h1,5-10H,2-3H3;9-10H,1-8H3;1,3-6H. The lowest BCUT2D eigenvalue weighted by Gasteiger charge is -2.28. The molecule has 0 saturated carbocycles. The summed E-state index contributed by atoms with van der Waals surface area (Å²) in [6.45, 7) is 21.1. The second kappa shape index (κ2) is 16.8. The van der Waals surface area contributed by atoms with Gasteiger partial charge in [-0.2, -0.15) is 8.42 Å². The minimum Gasteiger partial charge on any atom is -0.542 e. The van der Waals surface area contributed by atoms with E-state index in [-0.39, 0.29) is 5.69 Å². The molecule has 276 valence electrons. The maximum atomic E-state index is 12.6. The van der Waals surface area contributed by atoms with Crippen LogP contribution in [0.15, 0.2) is 81.5 Å². The summed E-state index contributed by atoms with van der Waals surface area (Å²) in [4.78, 5) is 0. The average Bonchev–Trinajstić information content (AvgIpc) is 3.40. The van der Waals surface area contributed by atoms with Crippen LogP contribution in [0.3, 0.4) is 0 Å². The summed E-state index contributed by atoms with van der Waals surface area (Å²) in [7, 11) is -11.6. The van der Waals surface area contributed by atoms with Gasteiger partial charge >= 0.3 is 20.8 Å². The maximum absolute atomic E-state index is 12.6. The minimum absolute atomic E-state index is 0.0472.